The second kappa shape index (κ2) is 5.43. The molecule has 0 spiro atoms. The van der Waals surface area contributed by atoms with Gasteiger partial charge in [0.1, 0.15) is 0 Å². The summed E-state index contributed by atoms with van der Waals surface area (Å²) in [7, 11) is 1.86. The molecule has 6 heteroatoms. The Labute approximate surface area is 121 Å². The van der Waals surface area contributed by atoms with Crippen LogP contribution in [0.2, 0.25) is 0 Å². The lowest BCUT2D eigenvalue weighted by Gasteiger charge is -2.17. The first kappa shape index (κ1) is 12.8. The van der Waals surface area contributed by atoms with Gasteiger partial charge in [0, 0.05) is 12.7 Å². The zero-order valence-corrected chi connectivity index (χ0v) is 11.4. The Morgan fingerprint density at radius 1 is 1.10 bits per heavy atom. The number of hydrogen-bond acceptors (Lipinski definition) is 5. The first-order chi connectivity index (χ1) is 10.3. The van der Waals surface area contributed by atoms with Gasteiger partial charge in [-0.25, -0.2) is 0 Å². The van der Waals surface area contributed by atoms with E-state index in [2.05, 4.69) is 21.6 Å². The highest BCUT2D eigenvalue weighted by molar-refractivity contribution is 5.60. The van der Waals surface area contributed by atoms with E-state index in [1.165, 1.54) is 0 Å². The van der Waals surface area contributed by atoms with Crippen molar-refractivity contribution in [2.75, 3.05) is 11.9 Å². The maximum atomic E-state index is 8.99. The first-order valence-electron chi connectivity index (χ1n) is 6.37. The molecule has 3 rings (SSSR count). The van der Waals surface area contributed by atoms with E-state index in [0.717, 1.165) is 11.4 Å². The highest BCUT2D eigenvalue weighted by Gasteiger charge is 2.14. The van der Waals surface area contributed by atoms with Crippen LogP contribution in [0.1, 0.15) is 5.56 Å². The van der Waals surface area contributed by atoms with Gasteiger partial charge in [-0.05, 0) is 40.8 Å². The molecular weight excluding hydrogens is 264 g/mol. The summed E-state index contributed by atoms with van der Waals surface area (Å²) in [6, 6.07) is 19.1. The van der Waals surface area contributed by atoms with Gasteiger partial charge in [-0.1, -0.05) is 29.4 Å². The molecule has 3 aromatic rings. The van der Waals surface area contributed by atoms with Gasteiger partial charge in [0.15, 0.2) is 0 Å². The van der Waals surface area contributed by atoms with Crippen LogP contribution in [0.5, 0.6) is 0 Å². The Morgan fingerprint density at radius 3 is 2.67 bits per heavy atom. The van der Waals surface area contributed by atoms with Gasteiger partial charge in [-0.15, -0.1) is 0 Å². The normalized spacial score (nSPS) is 10.1. The van der Waals surface area contributed by atoms with Crippen LogP contribution in [0.4, 0.5) is 11.6 Å². The van der Waals surface area contributed by atoms with E-state index in [0.29, 0.717) is 11.5 Å². The van der Waals surface area contributed by atoms with Crippen LogP contribution in [0.15, 0.2) is 54.6 Å². The van der Waals surface area contributed by atoms with Crippen molar-refractivity contribution < 1.29 is 0 Å². The van der Waals surface area contributed by atoms with Crippen molar-refractivity contribution in [1.29, 1.82) is 5.26 Å². The molecule has 2 aromatic carbocycles. The van der Waals surface area contributed by atoms with Crippen LogP contribution in [-0.2, 0) is 0 Å². The molecule has 0 amide bonds. The van der Waals surface area contributed by atoms with E-state index in [1.54, 1.807) is 16.8 Å². The van der Waals surface area contributed by atoms with Crippen molar-refractivity contribution in [1.82, 2.24) is 20.2 Å². The zero-order valence-electron chi connectivity index (χ0n) is 11.4. The molecule has 0 atom stereocenters. The van der Waals surface area contributed by atoms with Crippen LogP contribution in [0.3, 0.4) is 0 Å². The number of hydrogen-bond donors (Lipinski definition) is 0. The molecular formula is C15H12N6. The predicted molar refractivity (Wildman–Crippen MR) is 78.4 cm³/mol. The molecule has 0 unspecified atom stereocenters. The molecule has 0 aliphatic carbocycles. The lowest BCUT2D eigenvalue weighted by molar-refractivity contribution is 0.786. The fraction of sp³-hybridized carbons (Fsp3) is 0.0667. The van der Waals surface area contributed by atoms with E-state index >= 15 is 0 Å². The van der Waals surface area contributed by atoms with Gasteiger partial charge < -0.3 is 4.90 Å². The number of para-hydroxylation sites is 1. The lowest BCUT2D eigenvalue weighted by Crippen LogP contribution is -2.15. The van der Waals surface area contributed by atoms with Crippen molar-refractivity contribution >= 4 is 11.6 Å². The summed E-state index contributed by atoms with van der Waals surface area (Å²) in [5.41, 5.74) is 2.32. The molecule has 21 heavy (non-hydrogen) atoms. The predicted octanol–water partition coefficient (Wildman–Crippen LogP) is 2.30. The van der Waals surface area contributed by atoms with Crippen LogP contribution < -0.4 is 4.90 Å². The summed E-state index contributed by atoms with van der Waals surface area (Å²) in [5.74, 6) is 0.580. The monoisotopic (exact) mass is 276 g/mol. The molecule has 0 aliphatic heterocycles. The van der Waals surface area contributed by atoms with Crippen LogP contribution >= 0.6 is 0 Å². The van der Waals surface area contributed by atoms with Gasteiger partial charge in [-0.2, -0.15) is 9.94 Å². The van der Waals surface area contributed by atoms with Gasteiger partial charge in [0.05, 0.1) is 17.3 Å². The number of nitriles is 1. The number of anilines is 2. The Hall–Kier alpha value is -3.20. The quantitative estimate of drug-likeness (QED) is 0.734. The van der Waals surface area contributed by atoms with Gasteiger partial charge in [-0.3, -0.25) is 0 Å². The first-order valence-corrected chi connectivity index (χ1v) is 6.37. The summed E-state index contributed by atoms with van der Waals surface area (Å²) in [4.78, 5) is 1.84. The molecule has 102 valence electrons. The summed E-state index contributed by atoms with van der Waals surface area (Å²) < 4.78 is 1.65. The standard InChI is InChI=1S/C15H12N6/c1-20(14-9-5-6-12(10-14)11-16)15-17-18-19-21(15)13-7-3-2-4-8-13/h2-10H,1H3. The van der Waals surface area contributed by atoms with Gasteiger partial charge in [0.25, 0.3) is 5.95 Å². The maximum absolute atomic E-state index is 8.99. The average molecular weight is 276 g/mol. The SMILES string of the molecule is CN(c1cccc(C#N)c1)c1nnnn1-c1ccccc1. The fourth-order valence-electron chi connectivity index (χ4n) is 2.03. The number of tetrazole rings is 1. The molecule has 1 aromatic heterocycles. The number of aromatic nitrogens is 4. The Morgan fingerprint density at radius 2 is 1.90 bits per heavy atom. The van der Waals surface area contributed by atoms with Gasteiger partial charge in [0.2, 0.25) is 0 Å². The van der Waals surface area contributed by atoms with Gasteiger partial charge >= 0.3 is 0 Å². The Balaban J connectivity index is 2.02. The fourth-order valence-corrected chi connectivity index (χ4v) is 2.03. The highest BCUT2D eigenvalue weighted by atomic mass is 15.6. The van der Waals surface area contributed by atoms with E-state index in [-0.39, 0.29) is 0 Å². The van der Waals surface area contributed by atoms with Crippen molar-refractivity contribution in [2.45, 2.75) is 0 Å². The van der Waals surface area contributed by atoms with E-state index < -0.39 is 0 Å². The molecule has 0 bridgehead atoms. The van der Waals surface area contributed by atoms with Crippen molar-refractivity contribution in [3.63, 3.8) is 0 Å². The maximum Gasteiger partial charge on any atom is 0.254 e. The third-order valence-electron chi connectivity index (χ3n) is 3.12. The van der Waals surface area contributed by atoms with Crippen molar-refractivity contribution in [3.05, 3.63) is 60.2 Å². The topological polar surface area (TPSA) is 70.6 Å². The third kappa shape index (κ3) is 2.44. The second-order valence-corrected chi connectivity index (χ2v) is 4.45. The minimum atomic E-state index is 0.580. The average Bonchev–Trinajstić information content (AvgIpc) is 3.04. The molecule has 0 saturated heterocycles. The molecule has 6 nitrogen and oxygen atoms in total. The van der Waals surface area contributed by atoms with E-state index in [9.17, 15) is 0 Å². The lowest BCUT2D eigenvalue weighted by atomic mass is 10.2. The van der Waals surface area contributed by atoms with E-state index in [1.807, 2.05) is 54.4 Å². The second-order valence-electron chi connectivity index (χ2n) is 4.45. The van der Waals surface area contributed by atoms with Crippen LogP contribution in [-0.4, -0.2) is 27.3 Å². The van der Waals surface area contributed by atoms with Crippen LogP contribution in [0.25, 0.3) is 5.69 Å². The largest absolute Gasteiger partial charge is 0.312 e. The van der Waals surface area contributed by atoms with E-state index in [4.69, 9.17) is 5.26 Å². The van der Waals surface area contributed by atoms with Crippen LogP contribution in [0, 0.1) is 11.3 Å². The molecule has 0 fully saturated rings. The third-order valence-corrected chi connectivity index (χ3v) is 3.12. The number of nitrogens with zero attached hydrogens (tertiary/aromatic N) is 6. The zero-order chi connectivity index (χ0) is 14.7. The summed E-state index contributed by atoms with van der Waals surface area (Å²) in [5, 5.41) is 20.8. The molecule has 0 saturated carbocycles. The molecule has 0 N–H and O–H groups in total. The smallest absolute Gasteiger partial charge is 0.254 e. The molecule has 0 radical (unpaired) electrons. The molecule has 0 aliphatic rings. The minimum absolute atomic E-state index is 0.580. The summed E-state index contributed by atoms with van der Waals surface area (Å²) >= 11 is 0. The minimum Gasteiger partial charge on any atom is -0.312 e. The summed E-state index contributed by atoms with van der Waals surface area (Å²) in [6.07, 6.45) is 0. The number of benzene rings is 2. The van der Waals surface area contributed by atoms with Crippen molar-refractivity contribution in [2.24, 2.45) is 0 Å². The Kier molecular flexibility index (Phi) is 3.31. The molecule has 1 heterocycles. The highest BCUT2D eigenvalue weighted by Crippen LogP contribution is 2.23. The summed E-state index contributed by atoms with van der Waals surface area (Å²) in [6.45, 7) is 0. The van der Waals surface area contributed by atoms with Crippen molar-refractivity contribution in [3.8, 4) is 11.8 Å². The number of rotatable bonds is 3. The Bertz CT molecular complexity index is 787.